The van der Waals surface area contributed by atoms with E-state index in [1.165, 1.54) is 12.7 Å². The third-order valence-electron chi connectivity index (χ3n) is 3.73. The minimum absolute atomic E-state index is 0.155. The molecule has 0 radical (unpaired) electrons. The van der Waals surface area contributed by atoms with Crippen molar-refractivity contribution in [2.75, 3.05) is 14.2 Å². The molecule has 0 spiro atoms. The van der Waals surface area contributed by atoms with Crippen molar-refractivity contribution in [1.29, 1.82) is 0 Å². The fourth-order valence-electron chi connectivity index (χ4n) is 2.37. The summed E-state index contributed by atoms with van der Waals surface area (Å²) in [4.78, 5) is 11.9. The summed E-state index contributed by atoms with van der Waals surface area (Å²) < 4.78 is 10.4. The Kier molecular flexibility index (Phi) is 3.33. The Hall–Kier alpha value is -1.51. The molecule has 1 aromatic rings. The summed E-state index contributed by atoms with van der Waals surface area (Å²) >= 11 is 0. The number of benzene rings is 1. The van der Waals surface area contributed by atoms with Crippen molar-refractivity contribution in [2.24, 2.45) is 0 Å². The first kappa shape index (κ1) is 12.9. The Balaban J connectivity index is 2.43. The zero-order valence-electron chi connectivity index (χ0n) is 11.4. The summed E-state index contributed by atoms with van der Waals surface area (Å²) in [5, 5.41) is 0. The van der Waals surface area contributed by atoms with Crippen LogP contribution in [0.4, 0.5) is 0 Å². The molecular formula is C15H20O3. The van der Waals surface area contributed by atoms with Gasteiger partial charge in [-0.15, -0.1) is 0 Å². The van der Waals surface area contributed by atoms with Crippen LogP contribution in [-0.2, 0) is 14.9 Å². The quantitative estimate of drug-likeness (QED) is 0.768. The SMILES string of the molecule is COC(=O)C1(c2ccc(C(C)C)cc2OC)CC1. The molecule has 98 valence electrons. The first-order valence-electron chi connectivity index (χ1n) is 6.32. The normalized spacial score (nSPS) is 16.5. The maximum absolute atomic E-state index is 11.9. The van der Waals surface area contributed by atoms with E-state index in [0.717, 1.165) is 24.2 Å². The second-order valence-electron chi connectivity index (χ2n) is 5.19. The summed E-state index contributed by atoms with van der Waals surface area (Å²) in [7, 11) is 3.09. The average Bonchev–Trinajstić information content (AvgIpc) is 3.18. The minimum atomic E-state index is -0.463. The van der Waals surface area contributed by atoms with Crippen molar-refractivity contribution in [3.63, 3.8) is 0 Å². The molecule has 0 N–H and O–H groups in total. The van der Waals surface area contributed by atoms with Gasteiger partial charge in [-0.25, -0.2) is 0 Å². The topological polar surface area (TPSA) is 35.5 Å². The van der Waals surface area contributed by atoms with Crippen LogP contribution < -0.4 is 4.74 Å². The Bertz CT molecular complexity index is 459. The summed E-state index contributed by atoms with van der Waals surface area (Å²) in [5.41, 5.74) is 1.72. The van der Waals surface area contributed by atoms with Gasteiger partial charge in [-0.3, -0.25) is 4.79 Å². The first-order chi connectivity index (χ1) is 8.55. The Morgan fingerprint density at radius 1 is 1.28 bits per heavy atom. The summed E-state index contributed by atoms with van der Waals surface area (Å²) in [6, 6.07) is 6.12. The van der Waals surface area contributed by atoms with Crippen LogP contribution in [0, 0.1) is 0 Å². The molecule has 0 saturated heterocycles. The van der Waals surface area contributed by atoms with Crippen LogP contribution in [0.3, 0.4) is 0 Å². The van der Waals surface area contributed by atoms with E-state index in [2.05, 4.69) is 19.9 Å². The van der Waals surface area contributed by atoms with Crippen molar-refractivity contribution in [2.45, 2.75) is 38.0 Å². The van der Waals surface area contributed by atoms with E-state index in [4.69, 9.17) is 9.47 Å². The predicted molar refractivity (Wildman–Crippen MR) is 70.0 cm³/mol. The van der Waals surface area contributed by atoms with Gasteiger partial charge in [0.05, 0.1) is 19.6 Å². The minimum Gasteiger partial charge on any atom is -0.496 e. The zero-order valence-corrected chi connectivity index (χ0v) is 11.4. The van der Waals surface area contributed by atoms with Crippen molar-refractivity contribution in [3.05, 3.63) is 29.3 Å². The van der Waals surface area contributed by atoms with Gasteiger partial charge in [-0.2, -0.15) is 0 Å². The maximum atomic E-state index is 11.9. The molecule has 1 aliphatic carbocycles. The summed E-state index contributed by atoms with van der Waals surface area (Å²) in [5.74, 6) is 1.09. The third-order valence-corrected chi connectivity index (χ3v) is 3.73. The second-order valence-corrected chi connectivity index (χ2v) is 5.19. The molecule has 2 rings (SSSR count). The van der Waals surface area contributed by atoms with Gasteiger partial charge in [0, 0.05) is 5.56 Å². The van der Waals surface area contributed by atoms with E-state index in [9.17, 15) is 4.79 Å². The van der Waals surface area contributed by atoms with Gasteiger partial charge < -0.3 is 9.47 Å². The number of carbonyl (C=O) groups excluding carboxylic acids is 1. The van der Waals surface area contributed by atoms with E-state index >= 15 is 0 Å². The molecule has 1 aromatic carbocycles. The van der Waals surface area contributed by atoms with Crippen molar-refractivity contribution >= 4 is 5.97 Å². The van der Waals surface area contributed by atoms with E-state index < -0.39 is 5.41 Å². The summed E-state index contributed by atoms with van der Waals surface area (Å²) in [6.07, 6.45) is 1.69. The number of rotatable bonds is 4. The fourth-order valence-corrected chi connectivity index (χ4v) is 2.37. The number of carbonyl (C=O) groups is 1. The number of hydrogen-bond acceptors (Lipinski definition) is 3. The van der Waals surface area contributed by atoms with E-state index in [1.807, 2.05) is 12.1 Å². The predicted octanol–water partition coefficient (Wildman–Crippen LogP) is 3.02. The molecule has 0 aromatic heterocycles. The van der Waals surface area contributed by atoms with Gasteiger partial charge in [0.25, 0.3) is 0 Å². The molecule has 0 aliphatic heterocycles. The van der Waals surface area contributed by atoms with Gasteiger partial charge in [0.1, 0.15) is 5.75 Å². The lowest BCUT2D eigenvalue weighted by Gasteiger charge is -2.18. The maximum Gasteiger partial charge on any atom is 0.316 e. The van der Waals surface area contributed by atoms with Crippen LogP contribution in [0.1, 0.15) is 43.7 Å². The number of hydrogen-bond donors (Lipinski definition) is 0. The van der Waals surface area contributed by atoms with Gasteiger partial charge >= 0.3 is 5.97 Å². The molecule has 0 amide bonds. The molecule has 0 bridgehead atoms. The lowest BCUT2D eigenvalue weighted by molar-refractivity contribution is -0.143. The molecular weight excluding hydrogens is 228 g/mol. The van der Waals surface area contributed by atoms with Gasteiger partial charge in [-0.1, -0.05) is 26.0 Å². The van der Waals surface area contributed by atoms with Crippen LogP contribution in [0.2, 0.25) is 0 Å². The largest absolute Gasteiger partial charge is 0.496 e. The monoisotopic (exact) mass is 248 g/mol. The first-order valence-corrected chi connectivity index (χ1v) is 6.32. The van der Waals surface area contributed by atoms with E-state index in [1.54, 1.807) is 7.11 Å². The van der Waals surface area contributed by atoms with Crippen molar-refractivity contribution < 1.29 is 14.3 Å². The highest BCUT2D eigenvalue weighted by atomic mass is 16.5. The smallest absolute Gasteiger partial charge is 0.316 e. The Morgan fingerprint density at radius 2 is 1.94 bits per heavy atom. The van der Waals surface area contributed by atoms with Crippen LogP contribution in [0.15, 0.2) is 18.2 Å². The van der Waals surface area contributed by atoms with Crippen LogP contribution in [-0.4, -0.2) is 20.2 Å². The molecule has 0 heterocycles. The molecule has 0 atom stereocenters. The van der Waals surface area contributed by atoms with Crippen LogP contribution in [0.5, 0.6) is 5.75 Å². The van der Waals surface area contributed by atoms with Crippen LogP contribution in [0.25, 0.3) is 0 Å². The van der Waals surface area contributed by atoms with E-state index in [-0.39, 0.29) is 5.97 Å². The molecule has 3 heteroatoms. The fraction of sp³-hybridized carbons (Fsp3) is 0.533. The lowest BCUT2D eigenvalue weighted by atomic mass is 9.92. The van der Waals surface area contributed by atoms with Gasteiger partial charge in [-0.05, 0) is 30.4 Å². The Morgan fingerprint density at radius 3 is 2.39 bits per heavy atom. The average molecular weight is 248 g/mol. The molecule has 18 heavy (non-hydrogen) atoms. The number of methoxy groups -OCH3 is 2. The standard InChI is InChI=1S/C15H20O3/c1-10(2)11-5-6-12(13(9-11)17-3)15(7-8-15)14(16)18-4/h5-6,9-10H,7-8H2,1-4H3. The Labute approximate surface area is 108 Å². The lowest BCUT2D eigenvalue weighted by Crippen LogP contribution is -2.22. The zero-order chi connectivity index (χ0) is 13.3. The highest BCUT2D eigenvalue weighted by molar-refractivity contribution is 5.87. The summed E-state index contributed by atoms with van der Waals surface area (Å²) in [6.45, 7) is 4.28. The second kappa shape index (κ2) is 4.63. The molecule has 0 unspecified atom stereocenters. The molecule has 3 nitrogen and oxygen atoms in total. The van der Waals surface area contributed by atoms with E-state index in [0.29, 0.717) is 5.92 Å². The number of esters is 1. The molecule has 1 saturated carbocycles. The molecule has 1 fully saturated rings. The molecule has 1 aliphatic rings. The van der Waals surface area contributed by atoms with Crippen LogP contribution >= 0.6 is 0 Å². The van der Waals surface area contributed by atoms with Gasteiger partial charge in [0.15, 0.2) is 0 Å². The highest BCUT2D eigenvalue weighted by Crippen LogP contribution is 2.52. The van der Waals surface area contributed by atoms with Gasteiger partial charge in [0.2, 0.25) is 0 Å². The number of ether oxygens (including phenoxy) is 2. The van der Waals surface area contributed by atoms with Crippen molar-refractivity contribution in [3.8, 4) is 5.75 Å². The third kappa shape index (κ3) is 1.98. The van der Waals surface area contributed by atoms with Crippen molar-refractivity contribution in [1.82, 2.24) is 0 Å². The highest BCUT2D eigenvalue weighted by Gasteiger charge is 2.54.